The lowest BCUT2D eigenvalue weighted by Crippen LogP contribution is -2.24. The molecule has 2 rings (SSSR count). The molecule has 0 aliphatic carbocycles. The maximum absolute atomic E-state index is 11.9. The molecule has 2 aromatic carbocycles. The lowest BCUT2D eigenvalue weighted by Gasteiger charge is -2.09. The Bertz CT molecular complexity index is 851. The summed E-state index contributed by atoms with van der Waals surface area (Å²) in [4.78, 5) is 23.8. The summed E-state index contributed by atoms with van der Waals surface area (Å²) < 4.78 is 15.8. The van der Waals surface area contributed by atoms with Gasteiger partial charge in [-0.3, -0.25) is 9.59 Å². The Hall–Kier alpha value is -3.55. The summed E-state index contributed by atoms with van der Waals surface area (Å²) >= 11 is 0. The van der Waals surface area contributed by atoms with Gasteiger partial charge in [-0.15, -0.1) is 0 Å². The van der Waals surface area contributed by atoms with Gasteiger partial charge in [-0.05, 0) is 42.8 Å². The largest absolute Gasteiger partial charge is 0.497 e. The standard InChI is InChI=1S/C20H23N3O5/c1-4-28-17-9-8-14(10-18(17)27-3)13-21-23-20(25)12-19(24)22-15-6-5-7-16(11-15)26-2/h5-11,13H,4,12H2,1-3H3,(H,22,24)(H,23,25). The number of hydrazone groups is 1. The predicted molar refractivity (Wildman–Crippen MR) is 106 cm³/mol. The third-order valence-corrected chi connectivity index (χ3v) is 3.57. The highest BCUT2D eigenvalue weighted by atomic mass is 16.5. The average Bonchev–Trinajstić information content (AvgIpc) is 2.69. The Balaban J connectivity index is 1.86. The van der Waals surface area contributed by atoms with Crippen LogP contribution in [0.1, 0.15) is 18.9 Å². The summed E-state index contributed by atoms with van der Waals surface area (Å²) in [5.41, 5.74) is 3.57. The van der Waals surface area contributed by atoms with Crippen molar-refractivity contribution in [3.8, 4) is 17.2 Å². The number of ether oxygens (including phenoxy) is 3. The van der Waals surface area contributed by atoms with Gasteiger partial charge in [0, 0.05) is 11.8 Å². The van der Waals surface area contributed by atoms with E-state index in [9.17, 15) is 9.59 Å². The third-order valence-electron chi connectivity index (χ3n) is 3.57. The molecule has 0 aliphatic rings. The molecule has 0 aliphatic heterocycles. The zero-order valence-corrected chi connectivity index (χ0v) is 16.0. The molecule has 8 nitrogen and oxygen atoms in total. The Morgan fingerprint density at radius 2 is 1.86 bits per heavy atom. The third kappa shape index (κ3) is 6.31. The highest BCUT2D eigenvalue weighted by Gasteiger charge is 2.09. The molecular weight excluding hydrogens is 362 g/mol. The molecule has 0 spiro atoms. The van der Waals surface area contributed by atoms with Gasteiger partial charge in [0.2, 0.25) is 11.8 Å². The van der Waals surface area contributed by atoms with Crippen LogP contribution in [0.25, 0.3) is 0 Å². The molecule has 0 saturated heterocycles. The van der Waals surface area contributed by atoms with Gasteiger partial charge in [-0.25, -0.2) is 5.43 Å². The van der Waals surface area contributed by atoms with E-state index < -0.39 is 11.8 Å². The van der Waals surface area contributed by atoms with Crippen molar-refractivity contribution < 1.29 is 23.8 Å². The number of carbonyl (C=O) groups excluding carboxylic acids is 2. The number of methoxy groups -OCH3 is 2. The Morgan fingerprint density at radius 3 is 2.57 bits per heavy atom. The van der Waals surface area contributed by atoms with E-state index in [0.717, 1.165) is 0 Å². The highest BCUT2D eigenvalue weighted by molar-refractivity contribution is 6.03. The van der Waals surface area contributed by atoms with E-state index in [4.69, 9.17) is 14.2 Å². The van der Waals surface area contributed by atoms with Crippen molar-refractivity contribution in [2.45, 2.75) is 13.3 Å². The molecular formula is C20H23N3O5. The summed E-state index contributed by atoms with van der Waals surface area (Å²) in [7, 11) is 3.08. The van der Waals surface area contributed by atoms with Crippen molar-refractivity contribution in [2.75, 3.05) is 26.1 Å². The van der Waals surface area contributed by atoms with Gasteiger partial charge in [0.25, 0.3) is 0 Å². The van der Waals surface area contributed by atoms with Gasteiger partial charge in [-0.2, -0.15) is 5.10 Å². The summed E-state index contributed by atoms with van der Waals surface area (Å²) in [5.74, 6) is 0.811. The number of nitrogens with one attached hydrogen (secondary N) is 2. The molecule has 0 atom stereocenters. The van der Waals surface area contributed by atoms with E-state index in [0.29, 0.717) is 35.1 Å². The molecule has 2 amide bonds. The van der Waals surface area contributed by atoms with Crippen LogP contribution in [0.5, 0.6) is 17.2 Å². The van der Waals surface area contributed by atoms with Crippen molar-refractivity contribution in [1.82, 2.24) is 5.43 Å². The van der Waals surface area contributed by atoms with E-state index in [2.05, 4.69) is 15.8 Å². The molecule has 0 saturated carbocycles. The molecule has 148 valence electrons. The van der Waals surface area contributed by atoms with E-state index in [1.54, 1.807) is 49.6 Å². The molecule has 0 aromatic heterocycles. The molecule has 8 heteroatoms. The molecule has 0 radical (unpaired) electrons. The van der Waals surface area contributed by atoms with Crippen molar-refractivity contribution in [2.24, 2.45) is 5.10 Å². The summed E-state index contributed by atoms with van der Waals surface area (Å²) in [6.07, 6.45) is 1.09. The van der Waals surface area contributed by atoms with Gasteiger partial charge in [-0.1, -0.05) is 6.07 Å². The van der Waals surface area contributed by atoms with E-state index in [1.807, 2.05) is 6.92 Å². The number of nitrogens with zero attached hydrogens (tertiary/aromatic N) is 1. The monoisotopic (exact) mass is 385 g/mol. The second-order valence-electron chi connectivity index (χ2n) is 5.59. The second kappa shape index (κ2) is 10.6. The number of amides is 2. The predicted octanol–water partition coefficient (Wildman–Crippen LogP) is 2.58. The van der Waals surface area contributed by atoms with Crippen LogP contribution in [0.2, 0.25) is 0 Å². The van der Waals surface area contributed by atoms with E-state index in [1.165, 1.54) is 13.3 Å². The minimum absolute atomic E-state index is 0.360. The lowest BCUT2D eigenvalue weighted by atomic mass is 10.2. The smallest absolute Gasteiger partial charge is 0.249 e. The van der Waals surface area contributed by atoms with Crippen molar-refractivity contribution in [3.05, 3.63) is 48.0 Å². The fraction of sp³-hybridized carbons (Fsp3) is 0.250. The summed E-state index contributed by atoms with van der Waals surface area (Å²) in [6, 6.07) is 12.1. The number of rotatable bonds is 9. The first-order valence-electron chi connectivity index (χ1n) is 8.62. The van der Waals surface area contributed by atoms with Crippen LogP contribution in [-0.4, -0.2) is 38.9 Å². The minimum atomic E-state index is -0.533. The van der Waals surface area contributed by atoms with Gasteiger partial charge < -0.3 is 19.5 Å². The Morgan fingerprint density at radius 1 is 1.04 bits per heavy atom. The van der Waals surface area contributed by atoms with Crippen molar-refractivity contribution >= 4 is 23.7 Å². The summed E-state index contributed by atoms with van der Waals surface area (Å²) in [6.45, 7) is 2.41. The Labute approximate surface area is 163 Å². The van der Waals surface area contributed by atoms with Gasteiger partial charge in [0.1, 0.15) is 12.2 Å². The second-order valence-corrected chi connectivity index (χ2v) is 5.59. The first-order chi connectivity index (χ1) is 13.5. The molecule has 28 heavy (non-hydrogen) atoms. The highest BCUT2D eigenvalue weighted by Crippen LogP contribution is 2.27. The zero-order chi connectivity index (χ0) is 20.4. The van der Waals surface area contributed by atoms with Crippen LogP contribution >= 0.6 is 0 Å². The van der Waals surface area contributed by atoms with Crippen LogP contribution in [0.4, 0.5) is 5.69 Å². The lowest BCUT2D eigenvalue weighted by molar-refractivity contribution is -0.126. The molecule has 0 bridgehead atoms. The first-order valence-corrected chi connectivity index (χ1v) is 8.62. The number of anilines is 1. The van der Waals surface area contributed by atoms with Gasteiger partial charge in [0.05, 0.1) is 27.0 Å². The van der Waals surface area contributed by atoms with E-state index >= 15 is 0 Å². The average molecular weight is 385 g/mol. The van der Waals surface area contributed by atoms with Gasteiger partial charge in [0.15, 0.2) is 11.5 Å². The fourth-order valence-electron chi connectivity index (χ4n) is 2.31. The van der Waals surface area contributed by atoms with E-state index in [-0.39, 0.29) is 6.42 Å². The van der Waals surface area contributed by atoms with Crippen LogP contribution in [0.15, 0.2) is 47.6 Å². The quantitative estimate of drug-likeness (QED) is 0.393. The normalized spacial score (nSPS) is 10.4. The first kappa shape index (κ1) is 20.8. The number of hydrogen-bond acceptors (Lipinski definition) is 6. The summed E-state index contributed by atoms with van der Waals surface area (Å²) in [5, 5.41) is 6.49. The molecule has 0 fully saturated rings. The molecule has 2 aromatic rings. The van der Waals surface area contributed by atoms with Crippen LogP contribution < -0.4 is 25.0 Å². The molecule has 2 N–H and O–H groups in total. The fourth-order valence-corrected chi connectivity index (χ4v) is 2.31. The maximum Gasteiger partial charge on any atom is 0.249 e. The SMILES string of the molecule is CCOc1ccc(C=NNC(=O)CC(=O)Nc2cccc(OC)c2)cc1OC. The Kier molecular flexibility index (Phi) is 7.83. The van der Waals surface area contributed by atoms with Gasteiger partial charge >= 0.3 is 0 Å². The van der Waals surface area contributed by atoms with Crippen molar-refractivity contribution in [3.63, 3.8) is 0 Å². The van der Waals surface area contributed by atoms with Crippen LogP contribution in [0.3, 0.4) is 0 Å². The number of carbonyl (C=O) groups is 2. The molecule has 0 heterocycles. The molecule has 0 unspecified atom stereocenters. The van der Waals surface area contributed by atoms with Crippen molar-refractivity contribution in [1.29, 1.82) is 0 Å². The van der Waals surface area contributed by atoms with Crippen LogP contribution in [0, 0.1) is 0 Å². The zero-order valence-electron chi connectivity index (χ0n) is 16.0. The van der Waals surface area contributed by atoms with Crippen LogP contribution in [-0.2, 0) is 9.59 Å². The topological polar surface area (TPSA) is 98.2 Å². The minimum Gasteiger partial charge on any atom is -0.497 e. The number of hydrogen-bond donors (Lipinski definition) is 2. The maximum atomic E-state index is 11.9. The number of benzene rings is 2.